The molecule has 0 saturated carbocycles. The quantitative estimate of drug-likeness (QED) is 0.886. The van der Waals surface area contributed by atoms with E-state index in [0.29, 0.717) is 12.1 Å². The summed E-state index contributed by atoms with van der Waals surface area (Å²) in [5.41, 5.74) is 1.28. The Bertz CT molecular complexity index is 333. The van der Waals surface area contributed by atoms with Gasteiger partial charge in [0.2, 0.25) is 0 Å². The van der Waals surface area contributed by atoms with Crippen LogP contribution < -0.4 is 5.32 Å². The van der Waals surface area contributed by atoms with Crippen LogP contribution in [0.25, 0.3) is 0 Å². The minimum absolute atomic E-state index is 0.357. The van der Waals surface area contributed by atoms with Gasteiger partial charge in [-0.05, 0) is 50.4 Å². The maximum Gasteiger partial charge on any atom is 0.0593 e. The molecular weight excluding hydrogens is 234 g/mol. The van der Waals surface area contributed by atoms with Crippen molar-refractivity contribution in [2.45, 2.75) is 37.8 Å². The van der Waals surface area contributed by atoms with Gasteiger partial charge in [0.1, 0.15) is 0 Å². The number of ether oxygens (including phenoxy) is 1. The summed E-state index contributed by atoms with van der Waals surface area (Å²) in [6.45, 7) is 0.918. The number of hydrogen-bond acceptors (Lipinski definition) is 2. The van der Waals surface area contributed by atoms with E-state index < -0.39 is 0 Å². The van der Waals surface area contributed by atoms with Gasteiger partial charge in [-0.3, -0.25) is 0 Å². The molecule has 2 atom stereocenters. The fraction of sp³-hybridized carbons (Fsp3) is 0.571. The van der Waals surface area contributed by atoms with E-state index in [9.17, 15) is 0 Å². The number of benzene rings is 1. The molecule has 1 N–H and O–H groups in total. The van der Waals surface area contributed by atoms with Gasteiger partial charge in [0, 0.05) is 17.7 Å². The molecule has 1 aromatic carbocycles. The second-order valence-electron chi connectivity index (χ2n) is 4.62. The second kappa shape index (κ2) is 6.39. The lowest BCUT2D eigenvalue weighted by atomic mass is 9.97. The molecule has 0 bridgehead atoms. The van der Waals surface area contributed by atoms with Crippen LogP contribution in [0.4, 0.5) is 0 Å². The molecule has 0 aliphatic carbocycles. The van der Waals surface area contributed by atoms with Crippen LogP contribution in [-0.4, -0.2) is 19.8 Å². The normalized spacial score (nSPS) is 22.4. The Kier molecular flexibility index (Phi) is 4.84. The van der Waals surface area contributed by atoms with Crippen molar-refractivity contribution in [2.24, 2.45) is 0 Å². The first kappa shape index (κ1) is 12.9. The van der Waals surface area contributed by atoms with Crippen molar-refractivity contribution in [3.05, 3.63) is 34.9 Å². The topological polar surface area (TPSA) is 21.3 Å². The van der Waals surface area contributed by atoms with E-state index in [1.807, 2.05) is 19.2 Å². The van der Waals surface area contributed by atoms with E-state index in [1.165, 1.54) is 24.8 Å². The van der Waals surface area contributed by atoms with Crippen LogP contribution in [-0.2, 0) is 4.74 Å². The van der Waals surface area contributed by atoms with Crippen LogP contribution in [0.1, 0.15) is 37.3 Å². The standard InChI is InChI=1S/C14H20ClNO/c1-16-14(10-13-4-2-3-9-17-13)11-5-7-12(15)8-6-11/h5-8,13-14,16H,2-4,9-10H2,1H3. The molecule has 2 nitrogen and oxygen atoms in total. The highest BCUT2D eigenvalue weighted by Crippen LogP contribution is 2.25. The minimum atomic E-state index is 0.357. The van der Waals surface area contributed by atoms with Gasteiger partial charge in [-0.1, -0.05) is 23.7 Å². The first-order valence-electron chi connectivity index (χ1n) is 6.34. The Morgan fingerprint density at radius 3 is 2.71 bits per heavy atom. The summed E-state index contributed by atoms with van der Waals surface area (Å²) in [7, 11) is 2.00. The summed E-state index contributed by atoms with van der Waals surface area (Å²) in [4.78, 5) is 0. The van der Waals surface area contributed by atoms with Crippen LogP contribution in [0.5, 0.6) is 0 Å². The van der Waals surface area contributed by atoms with Crippen molar-refractivity contribution in [3.8, 4) is 0 Å². The fourth-order valence-electron chi connectivity index (χ4n) is 2.37. The lowest BCUT2D eigenvalue weighted by molar-refractivity contribution is 0.00548. The maximum absolute atomic E-state index is 5.91. The fourth-order valence-corrected chi connectivity index (χ4v) is 2.50. The van der Waals surface area contributed by atoms with Gasteiger partial charge in [-0.15, -0.1) is 0 Å². The number of halogens is 1. The molecular formula is C14H20ClNO. The molecule has 3 heteroatoms. The average Bonchev–Trinajstić information content (AvgIpc) is 2.38. The Hall–Kier alpha value is -0.570. The van der Waals surface area contributed by atoms with Gasteiger partial charge in [0.15, 0.2) is 0 Å². The zero-order valence-electron chi connectivity index (χ0n) is 10.3. The minimum Gasteiger partial charge on any atom is -0.378 e. The molecule has 94 valence electrons. The van der Waals surface area contributed by atoms with Gasteiger partial charge in [-0.2, -0.15) is 0 Å². The van der Waals surface area contributed by atoms with E-state index >= 15 is 0 Å². The SMILES string of the molecule is CNC(CC1CCCCO1)c1ccc(Cl)cc1. The largest absolute Gasteiger partial charge is 0.378 e. The zero-order valence-corrected chi connectivity index (χ0v) is 11.0. The molecule has 2 rings (SSSR count). The van der Waals surface area contributed by atoms with Crippen LogP contribution in [0.3, 0.4) is 0 Å². The lowest BCUT2D eigenvalue weighted by Crippen LogP contribution is -2.26. The molecule has 17 heavy (non-hydrogen) atoms. The highest BCUT2D eigenvalue weighted by atomic mass is 35.5. The summed E-state index contributed by atoms with van der Waals surface area (Å²) in [5.74, 6) is 0. The highest BCUT2D eigenvalue weighted by molar-refractivity contribution is 6.30. The van der Waals surface area contributed by atoms with Crippen LogP contribution >= 0.6 is 11.6 Å². The predicted molar refractivity (Wildman–Crippen MR) is 71.5 cm³/mol. The molecule has 1 aromatic rings. The van der Waals surface area contributed by atoms with Gasteiger partial charge >= 0.3 is 0 Å². The highest BCUT2D eigenvalue weighted by Gasteiger charge is 2.19. The van der Waals surface area contributed by atoms with Crippen molar-refractivity contribution in [2.75, 3.05) is 13.7 Å². The summed E-state index contributed by atoms with van der Waals surface area (Å²) in [6, 6.07) is 8.43. The van der Waals surface area contributed by atoms with Crippen molar-refractivity contribution in [1.82, 2.24) is 5.32 Å². The van der Waals surface area contributed by atoms with E-state index in [2.05, 4.69) is 17.4 Å². The van der Waals surface area contributed by atoms with Crippen LogP contribution in [0.15, 0.2) is 24.3 Å². The number of hydrogen-bond donors (Lipinski definition) is 1. The smallest absolute Gasteiger partial charge is 0.0593 e. The Morgan fingerprint density at radius 1 is 1.35 bits per heavy atom. The monoisotopic (exact) mass is 253 g/mol. The molecule has 2 unspecified atom stereocenters. The van der Waals surface area contributed by atoms with Gasteiger partial charge in [0.05, 0.1) is 6.10 Å². The Morgan fingerprint density at radius 2 is 2.12 bits per heavy atom. The molecule has 0 amide bonds. The third-order valence-corrected chi connectivity index (χ3v) is 3.65. The summed E-state index contributed by atoms with van der Waals surface area (Å²) < 4.78 is 5.79. The maximum atomic E-state index is 5.91. The molecule has 1 fully saturated rings. The molecule has 1 aliphatic heterocycles. The third-order valence-electron chi connectivity index (χ3n) is 3.39. The van der Waals surface area contributed by atoms with Gasteiger partial charge < -0.3 is 10.1 Å². The first-order chi connectivity index (χ1) is 8.29. The van der Waals surface area contributed by atoms with E-state index in [4.69, 9.17) is 16.3 Å². The number of rotatable bonds is 4. The Balaban J connectivity index is 1.97. The van der Waals surface area contributed by atoms with E-state index in [1.54, 1.807) is 0 Å². The Labute approximate surface area is 108 Å². The molecule has 1 aliphatic rings. The van der Waals surface area contributed by atoms with Gasteiger partial charge in [0.25, 0.3) is 0 Å². The second-order valence-corrected chi connectivity index (χ2v) is 5.05. The predicted octanol–water partition coefficient (Wildman–Crippen LogP) is 3.56. The molecule has 0 aromatic heterocycles. The molecule has 1 saturated heterocycles. The number of nitrogens with one attached hydrogen (secondary N) is 1. The lowest BCUT2D eigenvalue weighted by Gasteiger charge is -2.27. The van der Waals surface area contributed by atoms with E-state index in [0.717, 1.165) is 18.1 Å². The van der Waals surface area contributed by atoms with Crippen molar-refractivity contribution >= 4 is 11.6 Å². The van der Waals surface area contributed by atoms with Crippen molar-refractivity contribution < 1.29 is 4.74 Å². The first-order valence-corrected chi connectivity index (χ1v) is 6.71. The summed E-state index contributed by atoms with van der Waals surface area (Å²) >= 11 is 5.91. The van der Waals surface area contributed by atoms with Crippen LogP contribution in [0.2, 0.25) is 5.02 Å². The third kappa shape index (κ3) is 3.70. The molecule has 0 radical (unpaired) electrons. The zero-order chi connectivity index (χ0) is 12.1. The molecule has 1 heterocycles. The van der Waals surface area contributed by atoms with Gasteiger partial charge in [-0.25, -0.2) is 0 Å². The summed E-state index contributed by atoms with van der Waals surface area (Å²) in [5, 5.41) is 4.15. The van der Waals surface area contributed by atoms with Crippen LogP contribution in [0, 0.1) is 0 Å². The summed E-state index contributed by atoms with van der Waals surface area (Å²) in [6.07, 6.45) is 5.13. The molecule has 0 spiro atoms. The van der Waals surface area contributed by atoms with Crippen molar-refractivity contribution in [3.63, 3.8) is 0 Å². The van der Waals surface area contributed by atoms with E-state index in [-0.39, 0.29) is 0 Å². The van der Waals surface area contributed by atoms with Crippen molar-refractivity contribution in [1.29, 1.82) is 0 Å². The average molecular weight is 254 g/mol.